The maximum atomic E-state index is 6.86. The van der Waals surface area contributed by atoms with E-state index in [2.05, 4.69) is 213 Å². The molecule has 0 unspecified atom stereocenters. The number of benzene rings is 10. The van der Waals surface area contributed by atoms with Gasteiger partial charge in [0.25, 0.3) is 0 Å². The summed E-state index contributed by atoms with van der Waals surface area (Å²) in [6.45, 7) is 4.71. The fourth-order valence-corrected chi connectivity index (χ4v) is 13.1. The van der Waals surface area contributed by atoms with E-state index >= 15 is 0 Å². The van der Waals surface area contributed by atoms with Crippen LogP contribution in [0.4, 0.5) is 0 Å². The van der Waals surface area contributed by atoms with Crippen LogP contribution in [0.2, 0.25) is 0 Å². The van der Waals surface area contributed by atoms with Crippen molar-refractivity contribution in [1.29, 1.82) is 0 Å². The van der Waals surface area contributed by atoms with E-state index < -0.39 is 5.41 Å². The third-order valence-corrected chi connectivity index (χ3v) is 16.3. The topological polar surface area (TPSA) is 56.7 Å². The van der Waals surface area contributed by atoms with Gasteiger partial charge in [-0.25, -0.2) is 15.0 Å². The molecule has 336 valence electrons. The SMILES string of the molecule is CC1(C)c2ccccc2-c2cc3c4ccccc4n(-c4cc(-c5nc(-c6ccccc6)nc(-c6ccc7c(c6)C6(c8ccccc8-c8ccccc86)c6ccccc6-7)n5)cc5oc6ccccc6c45)c3cc21. The van der Waals surface area contributed by atoms with Crippen molar-refractivity contribution in [3.63, 3.8) is 0 Å². The number of hydrogen-bond acceptors (Lipinski definition) is 4. The molecule has 0 bridgehead atoms. The highest BCUT2D eigenvalue weighted by molar-refractivity contribution is 6.16. The lowest BCUT2D eigenvalue weighted by molar-refractivity contribution is 0.661. The zero-order chi connectivity index (χ0) is 47.5. The molecule has 3 heterocycles. The van der Waals surface area contributed by atoms with E-state index in [0.717, 1.165) is 55.3 Å². The van der Waals surface area contributed by atoms with Crippen LogP contribution in [0.1, 0.15) is 47.2 Å². The Morgan fingerprint density at radius 2 is 0.889 bits per heavy atom. The first-order valence-corrected chi connectivity index (χ1v) is 24.8. The van der Waals surface area contributed by atoms with Crippen molar-refractivity contribution in [1.82, 2.24) is 19.5 Å². The maximum absolute atomic E-state index is 6.86. The van der Waals surface area contributed by atoms with Crippen LogP contribution in [0.5, 0.6) is 0 Å². The summed E-state index contributed by atoms with van der Waals surface area (Å²) < 4.78 is 9.32. The minimum Gasteiger partial charge on any atom is -0.456 e. The van der Waals surface area contributed by atoms with Crippen LogP contribution in [0.3, 0.4) is 0 Å². The van der Waals surface area contributed by atoms with Crippen molar-refractivity contribution < 1.29 is 4.42 Å². The molecule has 16 rings (SSSR count). The van der Waals surface area contributed by atoms with Gasteiger partial charge in [-0.2, -0.15) is 0 Å². The Labute approximate surface area is 415 Å². The largest absolute Gasteiger partial charge is 0.456 e. The van der Waals surface area contributed by atoms with Gasteiger partial charge in [-0.15, -0.1) is 0 Å². The summed E-state index contributed by atoms with van der Waals surface area (Å²) in [5, 5.41) is 4.50. The number of para-hydroxylation sites is 2. The van der Waals surface area contributed by atoms with E-state index in [0.29, 0.717) is 17.5 Å². The van der Waals surface area contributed by atoms with Gasteiger partial charge in [-0.3, -0.25) is 0 Å². The van der Waals surface area contributed by atoms with Gasteiger partial charge in [-0.1, -0.05) is 190 Å². The summed E-state index contributed by atoms with van der Waals surface area (Å²) >= 11 is 0. The predicted octanol–water partition coefficient (Wildman–Crippen LogP) is 16.5. The molecule has 0 saturated carbocycles. The Morgan fingerprint density at radius 3 is 1.58 bits per heavy atom. The van der Waals surface area contributed by atoms with Crippen LogP contribution in [0.15, 0.2) is 223 Å². The number of nitrogens with zero attached hydrogens (tertiary/aromatic N) is 4. The fraction of sp³-hybridized carbons (Fsp3) is 0.0597. The van der Waals surface area contributed by atoms with Gasteiger partial charge in [0.2, 0.25) is 0 Å². The molecular weight excluding hydrogens is 877 g/mol. The molecule has 0 saturated heterocycles. The van der Waals surface area contributed by atoms with Crippen molar-refractivity contribution in [3.8, 4) is 73.2 Å². The molecule has 5 nitrogen and oxygen atoms in total. The third-order valence-electron chi connectivity index (χ3n) is 16.3. The average molecular weight is 919 g/mol. The summed E-state index contributed by atoms with van der Waals surface area (Å²) in [5.74, 6) is 1.77. The molecule has 0 radical (unpaired) electrons. The molecule has 72 heavy (non-hydrogen) atoms. The molecule has 1 spiro atoms. The second-order valence-corrected chi connectivity index (χ2v) is 20.2. The van der Waals surface area contributed by atoms with Crippen molar-refractivity contribution in [2.75, 3.05) is 0 Å². The minimum atomic E-state index is -0.505. The zero-order valence-electron chi connectivity index (χ0n) is 39.5. The summed E-state index contributed by atoms with van der Waals surface area (Å²) in [6, 6.07) is 79.2. The number of rotatable bonds is 4. The van der Waals surface area contributed by atoms with Crippen LogP contribution in [-0.2, 0) is 10.8 Å². The van der Waals surface area contributed by atoms with Crippen molar-refractivity contribution >= 4 is 43.7 Å². The van der Waals surface area contributed by atoms with Crippen molar-refractivity contribution in [2.24, 2.45) is 0 Å². The molecule has 3 aliphatic rings. The third kappa shape index (κ3) is 5.14. The van der Waals surface area contributed by atoms with Crippen LogP contribution in [-0.4, -0.2) is 19.5 Å². The first kappa shape index (κ1) is 39.6. The van der Waals surface area contributed by atoms with E-state index in [9.17, 15) is 0 Å². The zero-order valence-corrected chi connectivity index (χ0v) is 39.5. The maximum Gasteiger partial charge on any atom is 0.164 e. The van der Waals surface area contributed by atoms with Crippen LogP contribution in [0, 0.1) is 0 Å². The number of furan rings is 1. The van der Waals surface area contributed by atoms with Crippen LogP contribution < -0.4 is 0 Å². The molecule has 0 fully saturated rings. The van der Waals surface area contributed by atoms with Gasteiger partial charge in [0.15, 0.2) is 17.5 Å². The number of fused-ring (bicyclic) bond motifs is 19. The Balaban J connectivity index is 0.956. The molecule has 3 aliphatic carbocycles. The number of hydrogen-bond donors (Lipinski definition) is 0. The highest BCUT2D eigenvalue weighted by Crippen LogP contribution is 2.63. The molecule has 10 aromatic carbocycles. The highest BCUT2D eigenvalue weighted by atomic mass is 16.3. The van der Waals surface area contributed by atoms with Gasteiger partial charge < -0.3 is 8.98 Å². The molecule has 0 aliphatic heterocycles. The first-order valence-electron chi connectivity index (χ1n) is 24.8. The van der Waals surface area contributed by atoms with Gasteiger partial charge in [0, 0.05) is 38.3 Å². The Hall–Kier alpha value is -9.19. The second-order valence-electron chi connectivity index (χ2n) is 20.2. The van der Waals surface area contributed by atoms with Crippen LogP contribution in [0.25, 0.3) is 117 Å². The first-order chi connectivity index (χ1) is 35.4. The lowest BCUT2D eigenvalue weighted by Gasteiger charge is -2.30. The molecule has 0 atom stereocenters. The predicted molar refractivity (Wildman–Crippen MR) is 292 cm³/mol. The lowest BCUT2D eigenvalue weighted by atomic mass is 9.70. The van der Waals surface area contributed by atoms with Crippen LogP contribution >= 0.6 is 0 Å². The van der Waals surface area contributed by atoms with E-state index in [1.165, 1.54) is 77.5 Å². The smallest absolute Gasteiger partial charge is 0.164 e. The monoisotopic (exact) mass is 918 g/mol. The standard InChI is InChI=1S/C67H42N4O/c1-66(2)51-26-12-6-23-45(51)49-37-50-47-24-10-16-30-57(47)71(58(50)38-55(49)66)59-35-41(36-61-62(59)48-25-11-17-31-60(48)72-61)65-69-63(39-18-4-3-5-19-39)68-64(70-65)40-32-33-46-44-22-9-15-29-54(44)67(56(46)34-40)52-27-13-7-20-42(52)43-21-8-14-28-53(43)67/h3-38H,1-2H3. The van der Waals surface area contributed by atoms with Crippen molar-refractivity contribution in [3.05, 3.63) is 252 Å². The Kier molecular flexibility index (Phi) is 7.82. The van der Waals surface area contributed by atoms with Gasteiger partial charge in [0.1, 0.15) is 11.2 Å². The molecule has 0 amide bonds. The van der Waals surface area contributed by atoms with Gasteiger partial charge in [0.05, 0.1) is 27.5 Å². The highest BCUT2D eigenvalue weighted by Gasteiger charge is 2.51. The number of aromatic nitrogens is 4. The van der Waals surface area contributed by atoms with Gasteiger partial charge in [-0.05, 0) is 109 Å². The molecule has 5 heteroatoms. The molecule has 13 aromatic rings. The summed E-state index contributed by atoms with van der Waals surface area (Å²) in [7, 11) is 0. The Morgan fingerprint density at radius 1 is 0.347 bits per heavy atom. The summed E-state index contributed by atoms with van der Waals surface area (Å²) in [6.07, 6.45) is 0. The quantitative estimate of drug-likeness (QED) is 0.176. The molecule has 0 N–H and O–H groups in total. The van der Waals surface area contributed by atoms with E-state index in [4.69, 9.17) is 19.4 Å². The van der Waals surface area contributed by atoms with Crippen molar-refractivity contribution in [2.45, 2.75) is 24.7 Å². The van der Waals surface area contributed by atoms with E-state index in [-0.39, 0.29) is 5.41 Å². The van der Waals surface area contributed by atoms with E-state index in [1.807, 2.05) is 24.3 Å². The summed E-state index contributed by atoms with van der Waals surface area (Å²) in [5.41, 5.74) is 22.3. The van der Waals surface area contributed by atoms with E-state index in [1.54, 1.807) is 0 Å². The second kappa shape index (κ2) is 14.2. The summed E-state index contributed by atoms with van der Waals surface area (Å²) in [4.78, 5) is 16.2. The Bertz CT molecular complexity index is 4430. The minimum absolute atomic E-state index is 0.180. The average Bonchev–Trinajstić information content (AvgIpc) is 4.21. The molecular formula is C67H42N4O. The fourth-order valence-electron chi connectivity index (χ4n) is 13.1. The normalized spacial score (nSPS) is 14.2. The van der Waals surface area contributed by atoms with Gasteiger partial charge >= 0.3 is 0 Å². The molecule has 3 aromatic heterocycles. The lowest BCUT2D eigenvalue weighted by Crippen LogP contribution is -2.25.